The quantitative estimate of drug-likeness (QED) is 0.829. The van der Waals surface area contributed by atoms with Gasteiger partial charge in [-0.25, -0.2) is 4.98 Å². The van der Waals surface area contributed by atoms with Crippen LogP contribution in [-0.4, -0.2) is 50.8 Å². The maximum Gasteiger partial charge on any atom is 0.223 e. The van der Waals surface area contributed by atoms with Gasteiger partial charge in [-0.15, -0.1) is 0 Å². The number of piperazine rings is 1. The van der Waals surface area contributed by atoms with Crippen LogP contribution in [0, 0.1) is 11.8 Å². The van der Waals surface area contributed by atoms with Gasteiger partial charge in [0.2, 0.25) is 11.8 Å². The molecule has 1 atom stereocenters. The zero-order valence-electron chi connectivity index (χ0n) is 15.5. The molecule has 2 heterocycles. The van der Waals surface area contributed by atoms with Crippen molar-refractivity contribution in [1.29, 1.82) is 0 Å². The molecule has 0 aromatic carbocycles. The second-order valence-electron chi connectivity index (χ2n) is 7.53. The summed E-state index contributed by atoms with van der Waals surface area (Å²) in [5, 5.41) is 0. The average Bonchev–Trinajstić information content (AvgIpc) is 2.91. The second kappa shape index (κ2) is 7.81. The normalized spacial score (nSPS) is 18.5. The van der Waals surface area contributed by atoms with Gasteiger partial charge in [0.15, 0.2) is 0 Å². The van der Waals surface area contributed by atoms with Gasteiger partial charge in [0, 0.05) is 51.9 Å². The molecule has 1 aliphatic heterocycles. The van der Waals surface area contributed by atoms with Crippen LogP contribution in [0.25, 0.3) is 0 Å². The molecule has 0 bridgehead atoms. The van der Waals surface area contributed by atoms with E-state index in [4.69, 9.17) is 0 Å². The minimum absolute atomic E-state index is 0.147. The number of rotatable bonds is 5. The van der Waals surface area contributed by atoms with Gasteiger partial charge in [-0.2, -0.15) is 0 Å². The number of nitrogens with zero attached hydrogens (tertiary/aromatic N) is 4. The first kappa shape index (κ1) is 18.5. The van der Waals surface area contributed by atoms with Crippen molar-refractivity contribution in [2.75, 3.05) is 19.6 Å². The van der Waals surface area contributed by atoms with Crippen molar-refractivity contribution in [3.8, 4) is 0 Å². The van der Waals surface area contributed by atoms with Crippen LogP contribution in [0.4, 0.5) is 0 Å². The van der Waals surface area contributed by atoms with E-state index in [0.717, 1.165) is 5.82 Å². The Labute approximate surface area is 144 Å². The Kier molecular flexibility index (Phi) is 6.02. The largest absolute Gasteiger partial charge is 0.338 e. The van der Waals surface area contributed by atoms with Crippen LogP contribution in [0.2, 0.25) is 0 Å². The molecule has 0 radical (unpaired) electrons. The lowest BCUT2D eigenvalue weighted by Crippen LogP contribution is -2.53. The fourth-order valence-corrected chi connectivity index (χ4v) is 3.17. The van der Waals surface area contributed by atoms with Gasteiger partial charge in [0.1, 0.15) is 11.9 Å². The first-order valence-electron chi connectivity index (χ1n) is 8.84. The van der Waals surface area contributed by atoms with Crippen molar-refractivity contribution in [2.45, 2.75) is 46.6 Å². The van der Waals surface area contributed by atoms with Gasteiger partial charge < -0.3 is 14.4 Å². The van der Waals surface area contributed by atoms with E-state index < -0.39 is 0 Å². The Morgan fingerprint density at radius 2 is 1.75 bits per heavy atom. The summed E-state index contributed by atoms with van der Waals surface area (Å²) >= 11 is 0. The number of amides is 2. The van der Waals surface area contributed by atoms with Crippen molar-refractivity contribution >= 4 is 11.8 Å². The number of imidazole rings is 1. The van der Waals surface area contributed by atoms with E-state index in [1.807, 2.05) is 27.6 Å². The van der Waals surface area contributed by atoms with E-state index in [2.05, 4.69) is 32.7 Å². The molecular weight excluding hydrogens is 304 g/mol. The summed E-state index contributed by atoms with van der Waals surface area (Å²) in [7, 11) is 1.93. The summed E-state index contributed by atoms with van der Waals surface area (Å²) < 4.78 is 1.94. The summed E-state index contributed by atoms with van der Waals surface area (Å²) in [5.41, 5.74) is 0. The molecule has 1 saturated heterocycles. The molecule has 6 heteroatoms. The van der Waals surface area contributed by atoms with Gasteiger partial charge in [-0.1, -0.05) is 27.7 Å². The van der Waals surface area contributed by atoms with Crippen molar-refractivity contribution in [3.05, 3.63) is 18.2 Å². The zero-order valence-corrected chi connectivity index (χ0v) is 15.5. The van der Waals surface area contributed by atoms with Crippen molar-refractivity contribution in [1.82, 2.24) is 19.4 Å². The van der Waals surface area contributed by atoms with E-state index in [1.165, 1.54) is 0 Å². The fraction of sp³-hybridized carbons (Fsp3) is 0.722. The first-order chi connectivity index (χ1) is 11.3. The molecule has 6 nitrogen and oxygen atoms in total. The van der Waals surface area contributed by atoms with Crippen LogP contribution < -0.4 is 0 Å². The van der Waals surface area contributed by atoms with E-state index in [0.29, 0.717) is 44.3 Å². The van der Waals surface area contributed by atoms with Crippen LogP contribution in [0.5, 0.6) is 0 Å². The highest BCUT2D eigenvalue weighted by Gasteiger charge is 2.35. The minimum Gasteiger partial charge on any atom is -0.338 e. The van der Waals surface area contributed by atoms with Crippen LogP contribution in [0.1, 0.15) is 52.4 Å². The maximum atomic E-state index is 12.7. The Hall–Kier alpha value is -1.85. The highest BCUT2D eigenvalue weighted by atomic mass is 16.2. The van der Waals surface area contributed by atoms with Gasteiger partial charge in [0.05, 0.1) is 0 Å². The molecule has 24 heavy (non-hydrogen) atoms. The standard InChI is InChI=1S/C18H30N4O2/c1-13(2)10-16(23)21-8-9-22(17(24)11-14(3)4)15(12-21)18-19-6-7-20(18)5/h6-7,13-15H,8-12H2,1-5H3/t15-/m0/s1. The van der Waals surface area contributed by atoms with Crippen LogP contribution in [0.3, 0.4) is 0 Å². The van der Waals surface area contributed by atoms with Crippen molar-refractivity contribution in [3.63, 3.8) is 0 Å². The number of aromatic nitrogens is 2. The van der Waals surface area contributed by atoms with Crippen molar-refractivity contribution in [2.24, 2.45) is 18.9 Å². The van der Waals surface area contributed by atoms with E-state index in [9.17, 15) is 9.59 Å². The predicted octanol–water partition coefficient (Wildman–Crippen LogP) is 2.22. The molecule has 0 saturated carbocycles. The topological polar surface area (TPSA) is 58.4 Å². The summed E-state index contributed by atoms with van der Waals surface area (Å²) in [6.45, 7) is 9.92. The summed E-state index contributed by atoms with van der Waals surface area (Å²) in [5.74, 6) is 1.81. The molecule has 1 aromatic heterocycles. The fourth-order valence-electron chi connectivity index (χ4n) is 3.17. The second-order valence-corrected chi connectivity index (χ2v) is 7.53. The van der Waals surface area contributed by atoms with E-state index in [1.54, 1.807) is 6.20 Å². The van der Waals surface area contributed by atoms with E-state index in [-0.39, 0.29) is 17.9 Å². The number of aryl methyl sites for hydroxylation is 1. The van der Waals surface area contributed by atoms with Crippen LogP contribution >= 0.6 is 0 Å². The van der Waals surface area contributed by atoms with Crippen LogP contribution in [0.15, 0.2) is 12.4 Å². The molecule has 2 amide bonds. The minimum atomic E-state index is -0.166. The molecule has 1 fully saturated rings. The predicted molar refractivity (Wildman–Crippen MR) is 93.2 cm³/mol. The average molecular weight is 334 g/mol. The molecule has 0 aliphatic carbocycles. The van der Waals surface area contributed by atoms with E-state index >= 15 is 0 Å². The summed E-state index contributed by atoms with van der Waals surface area (Å²) in [6, 6.07) is -0.166. The van der Waals surface area contributed by atoms with Gasteiger partial charge in [0.25, 0.3) is 0 Å². The molecule has 0 spiro atoms. The Morgan fingerprint density at radius 3 is 2.29 bits per heavy atom. The molecule has 0 N–H and O–H groups in total. The zero-order chi connectivity index (χ0) is 17.9. The summed E-state index contributed by atoms with van der Waals surface area (Å²) in [4.78, 5) is 33.4. The lowest BCUT2D eigenvalue weighted by Gasteiger charge is -2.41. The molecule has 134 valence electrons. The Balaban J connectivity index is 2.20. The number of carbonyl (C=O) groups is 2. The lowest BCUT2D eigenvalue weighted by molar-refractivity contribution is -0.144. The smallest absolute Gasteiger partial charge is 0.223 e. The highest BCUT2D eigenvalue weighted by molar-refractivity contribution is 5.79. The molecule has 1 aromatic rings. The third-order valence-electron chi connectivity index (χ3n) is 4.38. The third kappa shape index (κ3) is 4.36. The molecule has 0 unspecified atom stereocenters. The SMILES string of the molecule is CC(C)CC(=O)N1CCN(C(=O)CC(C)C)[C@H](c2nccn2C)C1. The monoisotopic (exact) mass is 334 g/mol. The molecular formula is C18H30N4O2. The Morgan fingerprint density at radius 1 is 1.12 bits per heavy atom. The first-order valence-corrected chi connectivity index (χ1v) is 8.84. The number of hydrogen-bond acceptors (Lipinski definition) is 3. The van der Waals surface area contributed by atoms with Gasteiger partial charge in [-0.05, 0) is 11.8 Å². The third-order valence-corrected chi connectivity index (χ3v) is 4.38. The Bertz CT molecular complexity index is 579. The molecule has 1 aliphatic rings. The number of hydrogen-bond donors (Lipinski definition) is 0. The maximum absolute atomic E-state index is 12.7. The van der Waals surface area contributed by atoms with Crippen LogP contribution in [-0.2, 0) is 16.6 Å². The summed E-state index contributed by atoms with van der Waals surface area (Å²) in [6.07, 6.45) is 4.71. The van der Waals surface area contributed by atoms with Gasteiger partial charge in [-0.3, -0.25) is 9.59 Å². The number of carbonyl (C=O) groups excluding carboxylic acids is 2. The highest BCUT2D eigenvalue weighted by Crippen LogP contribution is 2.26. The van der Waals surface area contributed by atoms with Crippen molar-refractivity contribution < 1.29 is 9.59 Å². The lowest BCUT2D eigenvalue weighted by atomic mass is 10.0. The molecule has 2 rings (SSSR count). The van der Waals surface area contributed by atoms with Gasteiger partial charge >= 0.3 is 0 Å².